The Morgan fingerprint density at radius 1 is 1.14 bits per heavy atom. The second-order valence-corrected chi connectivity index (χ2v) is 5.07. The number of nitrogens with one attached hydrogen (secondary N) is 1. The molecule has 2 aromatic heterocycles. The molecule has 0 bridgehead atoms. The van der Waals surface area contributed by atoms with Crippen LogP contribution in [0.3, 0.4) is 0 Å². The topological polar surface area (TPSA) is 63.8 Å². The van der Waals surface area contributed by atoms with Crippen LogP contribution in [0.1, 0.15) is 23.4 Å². The average molecular weight is 282 g/mol. The van der Waals surface area contributed by atoms with E-state index in [1.807, 2.05) is 38.1 Å². The molecule has 5 nitrogen and oxygen atoms in total. The van der Waals surface area contributed by atoms with Crippen LogP contribution >= 0.6 is 0 Å². The molecule has 0 radical (unpaired) electrons. The van der Waals surface area contributed by atoms with Crippen molar-refractivity contribution in [1.29, 1.82) is 0 Å². The lowest BCUT2D eigenvalue weighted by molar-refractivity contribution is 0.392. The second-order valence-electron chi connectivity index (χ2n) is 5.07. The molecule has 108 valence electrons. The van der Waals surface area contributed by atoms with Gasteiger partial charge >= 0.3 is 0 Å². The Morgan fingerprint density at radius 2 is 2.00 bits per heavy atom. The van der Waals surface area contributed by atoms with E-state index in [-0.39, 0.29) is 0 Å². The smallest absolute Gasteiger partial charge is 0.137 e. The highest BCUT2D eigenvalue weighted by Crippen LogP contribution is 2.19. The fourth-order valence-corrected chi connectivity index (χ4v) is 2.48. The second kappa shape index (κ2) is 5.91. The largest absolute Gasteiger partial charge is 0.369 e. The summed E-state index contributed by atoms with van der Waals surface area (Å²) in [5, 5.41) is 8.42. The van der Waals surface area contributed by atoms with Crippen LogP contribution in [0.2, 0.25) is 0 Å². The number of aryl methyl sites for hydroxylation is 2. The number of hydrogen-bond donors (Lipinski definition) is 1. The molecule has 0 saturated heterocycles. The molecule has 21 heavy (non-hydrogen) atoms. The number of anilines is 1. The molecule has 0 aliphatic carbocycles. The van der Waals surface area contributed by atoms with Crippen molar-refractivity contribution in [2.75, 3.05) is 11.9 Å². The zero-order valence-corrected chi connectivity index (χ0v) is 12.3. The Labute approximate surface area is 123 Å². The molecule has 0 fully saturated rings. The van der Waals surface area contributed by atoms with Gasteiger partial charge in [0.1, 0.15) is 17.9 Å². The lowest BCUT2D eigenvalue weighted by atomic mass is 10.1. The van der Waals surface area contributed by atoms with E-state index in [0.29, 0.717) is 0 Å². The van der Waals surface area contributed by atoms with Crippen molar-refractivity contribution >= 4 is 16.7 Å². The number of para-hydroxylation sites is 1. The Balaban J connectivity index is 1.62. The molecule has 0 aliphatic rings. The average Bonchev–Trinajstić information content (AvgIpc) is 2.83. The quantitative estimate of drug-likeness (QED) is 0.727. The van der Waals surface area contributed by atoms with Crippen molar-refractivity contribution in [3.05, 3.63) is 47.6 Å². The summed E-state index contributed by atoms with van der Waals surface area (Å²) < 4.78 is 5.18. The van der Waals surface area contributed by atoms with E-state index >= 15 is 0 Å². The molecule has 0 atom stereocenters. The van der Waals surface area contributed by atoms with Gasteiger partial charge in [-0.1, -0.05) is 17.3 Å². The summed E-state index contributed by atoms with van der Waals surface area (Å²) in [5.41, 5.74) is 3.16. The minimum Gasteiger partial charge on any atom is -0.369 e. The highest BCUT2D eigenvalue weighted by atomic mass is 16.5. The fraction of sp³-hybridized carbons (Fsp3) is 0.312. The Hall–Kier alpha value is -2.43. The molecule has 0 saturated carbocycles. The summed E-state index contributed by atoms with van der Waals surface area (Å²) >= 11 is 0. The minimum absolute atomic E-state index is 0.852. The lowest BCUT2D eigenvalue weighted by Crippen LogP contribution is -2.06. The first kappa shape index (κ1) is 13.5. The molecular formula is C16H18N4O. The molecule has 2 heterocycles. The molecule has 0 spiro atoms. The van der Waals surface area contributed by atoms with Gasteiger partial charge in [0.25, 0.3) is 0 Å². The van der Waals surface area contributed by atoms with Crippen molar-refractivity contribution in [3.8, 4) is 0 Å². The van der Waals surface area contributed by atoms with Crippen LogP contribution in [0.25, 0.3) is 10.9 Å². The monoisotopic (exact) mass is 282 g/mol. The van der Waals surface area contributed by atoms with Crippen molar-refractivity contribution in [2.45, 2.75) is 26.7 Å². The maximum Gasteiger partial charge on any atom is 0.137 e. The summed E-state index contributed by atoms with van der Waals surface area (Å²) in [5.74, 6) is 1.80. The molecule has 1 N–H and O–H groups in total. The van der Waals surface area contributed by atoms with Crippen LogP contribution in [-0.4, -0.2) is 21.7 Å². The maximum absolute atomic E-state index is 5.18. The van der Waals surface area contributed by atoms with Crippen molar-refractivity contribution in [2.24, 2.45) is 0 Å². The highest BCUT2D eigenvalue weighted by Gasteiger charge is 2.08. The lowest BCUT2D eigenvalue weighted by Gasteiger charge is -2.08. The SMILES string of the molecule is Cc1noc(C)c1CCCNc1ncnc2ccccc12. The summed E-state index contributed by atoms with van der Waals surface area (Å²) in [6, 6.07) is 8.01. The number of fused-ring (bicyclic) bond motifs is 1. The Kier molecular flexibility index (Phi) is 3.81. The van der Waals surface area contributed by atoms with Gasteiger partial charge in [-0.25, -0.2) is 9.97 Å². The predicted molar refractivity (Wildman–Crippen MR) is 82.3 cm³/mol. The van der Waals surface area contributed by atoms with E-state index in [0.717, 1.165) is 47.6 Å². The van der Waals surface area contributed by atoms with E-state index in [2.05, 4.69) is 20.4 Å². The molecule has 5 heteroatoms. The maximum atomic E-state index is 5.18. The number of rotatable bonds is 5. The first-order chi connectivity index (χ1) is 10.3. The van der Waals surface area contributed by atoms with Crippen molar-refractivity contribution in [3.63, 3.8) is 0 Å². The van der Waals surface area contributed by atoms with Gasteiger partial charge in [-0.2, -0.15) is 0 Å². The minimum atomic E-state index is 0.852. The van der Waals surface area contributed by atoms with Gasteiger partial charge in [-0.3, -0.25) is 0 Å². The predicted octanol–water partition coefficient (Wildman–Crippen LogP) is 3.28. The van der Waals surface area contributed by atoms with Gasteiger partial charge in [0, 0.05) is 17.5 Å². The van der Waals surface area contributed by atoms with Gasteiger partial charge < -0.3 is 9.84 Å². The molecule has 1 aromatic carbocycles. The van der Waals surface area contributed by atoms with Crippen LogP contribution in [0.5, 0.6) is 0 Å². The number of nitrogens with zero attached hydrogens (tertiary/aromatic N) is 3. The van der Waals surface area contributed by atoms with Crippen LogP contribution in [0, 0.1) is 13.8 Å². The summed E-state index contributed by atoms with van der Waals surface area (Å²) in [7, 11) is 0. The summed E-state index contributed by atoms with van der Waals surface area (Å²) in [6.07, 6.45) is 3.55. The molecule has 3 rings (SSSR count). The molecule has 0 unspecified atom stereocenters. The van der Waals surface area contributed by atoms with Gasteiger partial charge in [0.15, 0.2) is 0 Å². The zero-order chi connectivity index (χ0) is 14.7. The zero-order valence-electron chi connectivity index (χ0n) is 12.3. The number of hydrogen-bond acceptors (Lipinski definition) is 5. The Morgan fingerprint density at radius 3 is 2.81 bits per heavy atom. The van der Waals surface area contributed by atoms with Crippen LogP contribution in [0.4, 0.5) is 5.82 Å². The van der Waals surface area contributed by atoms with Crippen molar-refractivity contribution in [1.82, 2.24) is 15.1 Å². The van der Waals surface area contributed by atoms with E-state index in [1.165, 1.54) is 5.56 Å². The van der Waals surface area contributed by atoms with Crippen LogP contribution in [0.15, 0.2) is 35.1 Å². The van der Waals surface area contributed by atoms with Crippen LogP contribution < -0.4 is 5.32 Å². The van der Waals surface area contributed by atoms with E-state index in [4.69, 9.17) is 4.52 Å². The van der Waals surface area contributed by atoms with Crippen LogP contribution in [-0.2, 0) is 6.42 Å². The van der Waals surface area contributed by atoms with Gasteiger partial charge in [-0.05, 0) is 38.8 Å². The fourth-order valence-electron chi connectivity index (χ4n) is 2.48. The molecule has 0 aliphatic heterocycles. The third-order valence-electron chi connectivity index (χ3n) is 3.62. The third kappa shape index (κ3) is 2.86. The van der Waals surface area contributed by atoms with Gasteiger partial charge in [0.05, 0.1) is 11.2 Å². The summed E-state index contributed by atoms with van der Waals surface area (Å²) in [4.78, 5) is 8.59. The van der Waals surface area contributed by atoms with Gasteiger partial charge in [0.2, 0.25) is 0 Å². The van der Waals surface area contributed by atoms with E-state index < -0.39 is 0 Å². The van der Waals surface area contributed by atoms with Gasteiger partial charge in [-0.15, -0.1) is 0 Å². The number of aromatic nitrogens is 3. The summed E-state index contributed by atoms with van der Waals surface area (Å²) in [6.45, 7) is 4.79. The molecule has 3 aromatic rings. The standard InChI is InChI=1S/C16H18N4O/c1-11-13(12(2)21-20-11)7-5-9-17-16-14-6-3-4-8-15(14)18-10-19-16/h3-4,6,8,10H,5,7,9H2,1-2H3,(H,17,18,19). The van der Waals surface area contributed by atoms with E-state index in [1.54, 1.807) is 6.33 Å². The highest BCUT2D eigenvalue weighted by molar-refractivity contribution is 5.88. The first-order valence-corrected chi connectivity index (χ1v) is 7.11. The molecule has 0 amide bonds. The molecular weight excluding hydrogens is 264 g/mol. The van der Waals surface area contributed by atoms with Crippen molar-refractivity contribution < 1.29 is 4.52 Å². The normalized spacial score (nSPS) is 11.0. The number of benzene rings is 1. The third-order valence-corrected chi connectivity index (χ3v) is 3.62. The van der Waals surface area contributed by atoms with E-state index in [9.17, 15) is 0 Å². The Bertz CT molecular complexity index is 726. The first-order valence-electron chi connectivity index (χ1n) is 7.11.